The number of para-hydroxylation sites is 3. The number of fused-ring (bicyclic) bond motifs is 7. The molecule has 9 rings (SSSR count). The number of rotatable bonds is 3. The minimum absolute atomic E-state index is 0.863. The highest BCUT2D eigenvalue weighted by molar-refractivity contribution is 6.15. The number of furan rings is 2. The lowest BCUT2D eigenvalue weighted by molar-refractivity contribution is 0.664. The molecular formula is C37H22N2O2. The lowest BCUT2D eigenvalue weighted by Gasteiger charge is -2.12. The monoisotopic (exact) mass is 526 g/mol. The molecule has 0 saturated heterocycles. The first-order valence-corrected chi connectivity index (χ1v) is 13.7. The lowest BCUT2D eigenvalue weighted by Crippen LogP contribution is -1.97. The molecule has 0 aliphatic carbocycles. The van der Waals surface area contributed by atoms with Crippen molar-refractivity contribution in [3.63, 3.8) is 0 Å². The minimum atomic E-state index is 0.863. The lowest BCUT2D eigenvalue weighted by atomic mass is 10.0. The average Bonchev–Trinajstić information content (AvgIpc) is 3.71. The van der Waals surface area contributed by atoms with Gasteiger partial charge in [-0.15, -0.1) is 0 Å². The zero-order valence-electron chi connectivity index (χ0n) is 21.9. The largest absolute Gasteiger partial charge is 0.456 e. The zero-order chi connectivity index (χ0) is 26.9. The number of hydrogen-bond donors (Lipinski definition) is 0. The molecule has 0 saturated carbocycles. The summed E-state index contributed by atoms with van der Waals surface area (Å²) < 4.78 is 14.7. The highest BCUT2D eigenvalue weighted by atomic mass is 16.3. The summed E-state index contributed by atoms with van der Waals surface area (Å²) >= 11 is 0. The molecule has 0 fully saturated rings. The van der Waals surface area contributed by atoms with Gasteiger partial charge >= 0.3 is 0 Å². The van der Waals surface area contributed by atoms with Crippen molar-refractivity contribution >= 4 is 54.9 Å². The van der Waals surface area contributed by atoms with E-state index in [2.05, 4.69) is 108 Å². The van der Waals surface area contributed by atoms with Crippen molar-refractivity contribution in [3.8, 4) is 28.2 Å². The first kappa shape index (κ1) is 22.2. The van der Waals surface area contributed by atoms with Crippen LogP contribution in [0.2, 0.25) is 0 Å². The topological polar surface area (TPSA) is 44.1 Å². The SMILES string of the molecule is c1ccc(-c2nc3ccccc3n2-c2cccc(-c3ccc4oc5cc6c(cc5c4c3)oc3ccccc36)c2)cc1. The van der Waals surface area contributed by atoms with Crippen LogP contribution in [-0.4, -0.2) is 9.55 Å². The van der Waals surface area contributed by atoms with Crippen LogP contribution in [0.3, 0.4) is 0 Å². The first-order chi connectivity index (χ1) is 20.3. The van der Waals surface area contributed by atoms with Crippen LogP contribution >= 0.6 is 0 Å². The molecule has 0 N–H and O–H groups in total. The molecule has 0 unspecified atom stereocenters. The molecule has 0 bridgehead atoms. The molecule has 0 aliphatic heterocycles. The predicted octanol–water partition coefficient (Wildman–Crippen LogP) is 10.2. The molecule has 0 radical (unpaired) electrons. The van der Waals surface area contributed by atoms with Crippen LogP contribution in [0.4, 0.5) is 0 Å². The van der Waals surface area contributed by atoms with Gasteiger partial charge in [-0.25, -0.2) is 4.98 Å². The third-order valence-electron chi connectivity index (χ3n) is 8.00. The van der Waals surface area contributed by atoms with E-state index in [1.54, 1.807) is 0 Å². The summed E-state index contributed by atoms with van der Waals surface area (Å²) in [5, 5.41) is 4.30. The van der Waals surface area contributed by atoms with Gasteiger partial charge in [0.1, 0.15) is 28.2 Å². The summed E-state index contributed by atoms with van der Waals surface area (Å²) in [6.45, 7) is 0. The maximum atomic E-state index is 6.31. The molecular weight excluding hydrogens is 504 g/mol. The Kier molecular flexibility index (Phi) is 4.58. The maximum absolute atomic E-state index is 6.31. The maximum Gasteiger partial charge on any atom is 0.145 e. The second-order valence-electron chi connectivity index (χ2n) is 10.4. The molecule has 6 aromatic carbocycles. The van der Waals surface area contributed by atoms with Gasteiger partial charge in [0.25, 0.3) is 0 Å². The summed E-state index contributed by atoms with van der Waals surface area (Å²) in [4.78, 5) is 5.01. The van der Waals surface area contributed by atoms with Crippen LogP contribution in [0.1, 0.15) is 0 Å². The van der Waals surface area contributed by atoms with Gasteiger partial charge in [-0.05, 0) is 65.7 Å². The van der Waals surface area contributed by atoms with Crippen molar-refractivity contribution in [3.05, 3.63) is 133 Å². The summed E-state index contributed by atoms with van der Waals surface area (Å²) in [6.07, 6.45) is 0. The van der Waals surface area contributed by atoms with E-state index in [9.17, 15) is 0 Å². The smallest absolute Gasteiger partial charge is 0.145 e. The summed E-state index contributed by atoms with van der Waals surface area (Å²) in [7, 11) is 0. The fourth-order valence-electron chi connectivity index (χ4n) is 6.07. The van der Waals surface area contributed by atoms with Gasteiger partial charge in [0.2, 0.25) is 0 Å². The normalized spacial score (nSPS) is 11.9. The summed E-state index contributed by atoms with van der Waals surface area (Å²) in [5.74, 6) is 0.926. The van der Waals surface area contributed by atoms with E-state index in [-0.39, 0.29) is 0 Å². The van der Waals surface area contributed by atoms with Gasteiger partial charge in [-0.3, -0.25) is 4.57 Å². The molecule has 0 amide bonds. The van der Waals surface area contributed by atoms with E-state index in [0.29, 0.717) is 0 Å². The van der Waals surface area contributed by atoms with Gasteiger partial charge in [-0.1, -0.05) is 78.9 Å². The second kappa shape index (κ2) is 8.44. The quantitative estimate of drug-likeness (QED) is 0.230. The van der Waals surface area contributed by atoms with Crippen molar-refractivity contribution in [2.24, 2.45) is 0 Å². The van der Waals surface area contributed by atoms with Crippen LogP contribution in [0.15, 0.2) is 142 Å². The number of hydrogen-bond acceptors (Lipinski definition) is 3. The predicted molar refractivity (Wildman–Crippen MR) is 166 cm³/mol. The standard InChI is InChI=1S/C37H22N2O2/c1-2-9-23(10-3-1)37-38-31-14-5-6-15-32(31)39(37)26-12-8-11-24(19-26)25-17-18-34-28(20-25)30-22-35-29(21-36(30)41-34)27-13-4-7-16-33(27)40-35/h1-22H. The zero-order valence-corrected chi connectivity index (χ0v) is 21.9. The summed E-state index contributed by atoms with van der Waals surface area (Å²) in [6, 6.07) is 46.1. The van der Waals surface area contributed by atoms with E-state index in [1.165, 1.54) is 0 Å². The van der Waals surface area contributed by atoms with Gasteiger partial charge in [0.15, 0.2) is 0 Å². The highest BCUT2D eigenvalue weighted by Gasteiger charge is 2.16. The molecule has 3 aromatic heterocycles. The highest BCUT2D eigenvalue weighted by Crippen LogP contribution is 2.38. The Hall–Kier alpha value is -5.61. The third kappa shape index (κ3) is 3.38. The van der Waals surface area contributed by atoms with Crippen molar-refractivity contribution in [1.82, 2.24) is 9.55 Å². The van der Waals surface area contributed by atoms with Crippen molar-refractivity contribution in [2.75, 3.05) is 0 Å². The van der Waals surface area contributed by atoms with E-state index in [1.807, 2.05) is 30.3 Å². The van der Waals surface area contributed by atoms with E-state index >= 15 is 0 Å². The molecule has 0 atom stereocenters. The Labute approximate surface area is 234 Å². The second-order valence-corrected chi connectivity index (χ2v) is 10.4. The van der Waals surface area contributed by atoms with E-state index in [0.717, 1.165) is 83.1 Å². The molecule has 3 heterocycles. The Morgan fingerprint density at radius 1 is 0.439 bits per heavy atom. The van der Waals surface area contributed by atoms with Gasteiger partial charge in [0, 0.05) is 32.8 Å². The van der Waals surface area contributed by atoms with Gasteiger partial charge < -0.3 is 8.83 Å². The van der Waals surface area contributed by atoms with Crippen molar-refractivity contribution in [1.29, 1.82) is 0 Å². The van der Waals surface area contributed by atoms with Crippen LogP contribution in [-0.2, 0) is 0 Å². The molecule has 4 heteroatoms. The van der Waals surface area contributed by atoms with E-state index in [4.69, 9.17) is 13.8 Å². The van der Waals surface area contributed by atoms with Crippen molar-refractivity contribution in [2.45, 2.75) is 0 Å². The van der Waals surface area contributed by atoms with Crippen LogP contribution < -0.4 is 0 Å². The van der Waals surface area contributed by atoms with Gasteiger partial charge in [-0.2, -0.15) is 0 Å². The molecule has 9 aromatic rings. The van der Waals surface area contributed by atoms with Crippen LogP contribution in [0.25, 0.3) is 83.1 Å². The fourth-order valence-corrected chi connectivity index (χ4v) is 6.07. The van der Waals surface area contributed by atoms with Crippen molar-refractivity contribution < 1.29 is 8.83 Å². The van der Waals surface area contributed by atoms with Crippen LogP contribution in [0, 0.1) is 0 Å². The molecule has 41 heavy (non-hydrogen) atoms. The number of benzene rings is 6. The van der Waals surface area contributed by atoms with E-state index < -0.39 is 0 Å². The first-order valence-electron chi connectivity index (χ1n) is 13.7. The Morgan fingerprint density at radius 2 is 1.10 bits per heavy atom. The summed E-state index contributed by atoms with van der Waals surface area (Å²) in [5.41, 5.74) is 9.93. The molecule has 192 valence electrons. The molecule has 4 nitrogen and oxygen atoms in total. The number of imidazole rings is 1. The van der Waals surface area contributed by atoms with Crippen LogP contribution in [0.5, 0.6) is 0 Å². The Morgan fingerprint density at radius 3 is 1.98 bits per heavy atom. The third-order valence-corrected chi connectivity index (χ3v) is 8.00. The minimum Gasteiger partial charge on any atom is -0.456 e. The van der Waals surface area contributed by atoms with Gasteiger partial charge in [0.05, 0.1) is 11.0 Å². The Bertz CT molecular complexity index is 2430. The Balaban J connectivity index is 1.22. The average molecular weight is 527 g/mol. The number of aromatic nitrogens is 2. The molecule has 0 aliphatic rings. The number of nitrogens with zero attached hydrogens (tertiary/aromatic N) is 2. The fraction of sp³-hybridized carbons (Fsp3) is 0. The molecule has 0 spiro atoms.